The first-order valence-corrected chi connectivity index (χ1v) is 8.94. The van der Waals surface area contributed by atoms with Crippen LogP contribution in [-0.4, -0.2) is 39.9 Å². The minimum atomic E-state index is 0.0892. The molecule has 0 radical (unpaired) electrons. The lowest BCUT2D eigenvalue weighted by Crippen LogP contribution is -2.23. The number of para-hydroxylation sites is 2. The third kappa shape index (κ3) is 5.37. The summed E-state index contributed by atoms with van der Waals surface area (Å²) in [5.74, 6) is 1.96. The van der Waals surface area contributed by atoms with Crippen LogP contribution >= 0.6 is 0 Å². The Balaban J connectivity index is 1.68. The molecule has 0 bridgehead atoms. The summed E-state index contributed by atoms with van der Waals surface area (Å²) in [5, 5.41) is 11.5. The second-order valence-corrected chi connectivity index (χ2v) is 6.46. The number of nitrogens with zero attached hydrogens (tertiary/aromatic N) is 5. The second kappa shape index (κ2) is 8.93. The van der Waals surface area contributed by atoms with E-state index < -0.39 is 0 Å². The van der Waals surface area contributed by atoms with Gasteiger partial charge in [0.25, 0.3) is 0 Å². The average Bonchev–Trinajstić information content (AvgIpc) is 2.68. The molecule has 0 saturated carbocycles. The van der Waals surface area contributed by atoms with Crippen molar-refractivity contribution >= 4 is 17.5 Å². The zero-order valence-corrected chi connectivity index (χ0v) is 15.8. The molecule has 7 heteroatoms. The van der Waals surface area contributed by atoms with Crippen LogP contribution in [0.2, 0.25) is 0 Å². The first kappa shape index (κ1) is 18.6. The third-order valence-corrected chi connectivity index (χ3v) is 3.89. The van der Waals surface area contributed by atoms with Gasteiger partial charge >= 0.3 is 0 Å². The first-order chi connectivity index (χ1) is 13.1. The molecule has 3 aromatic rings. The number of nitrogens with one attached hydrogen (secondary N) is 1. The number of rotatable bonds is 8. The molecular formula is C20H24N6O. The molecule has 27 heavy (non-hydrogen) atoms. The number of anilines is 3. The third-order valence-electron chi connectivity index (χ3n) is 3.89. The molecule has 1 aromatic carbocycles. The van der Waals surface area contributed by atoms with Crippen LogP contribution in [0.4, 0.5) is 17.5 Å². The Morgan fingerprint density at radius 3 is 2.67 bits per heavy atom. The van der Waals surface area contributed by atoms with Crippen LogP contribution in [0, 0.1) is 0 Å². The monoisotopic (exact) mass is 364 g/mol. The molecule has 2 aromatic heterocycles. The predicted octanol–water partition coefficient (Wildman–Crippen LogP) is 3.48. The summed E-state index contributed by atoms with van der Waals surface area (Å²) >= 11 is 0. The van der Waals surface area contributed by atoms with Gasteiger partial charge in [-0.05, 0) is 50.1 Å². The van der Waals surface area contributed by atoms with Gasteiger partial charge in [0, 0.05) is 26.0 Å². The van der Waals surface area contributed by atoms with Gasteiger partial charge in [0.1, 0.15) is 5.75 Å². The summed E-state index contributed by atoms with van der Waals surface area (Å²) in [4.78, 5) is 10.6. The van der Waals surface area contributed by atoms with Crippen LogP contribution in [0.3, 0.4) is 0 Å². The topological polar surface area (TPSA) is 76.1 Å². The zero-order chi connectivity index (χ0) is 19.1. The normalized spacial score (nSPS) is 10.7. The van der Waals surface area contributed by atoms with Crippen molar-refractivity contribution in [2.75, 3.05) is 23.8 Å². The van der Waals surface area contributed by atoms with E-state index >= 15 is 0 Å². The standard InChI is InChI=1S/C20H24N6O/c1-15(2)27-18-7-5-4-6-17(18)23-19-14-22-25-20(24-19)26(3)13-10-16-8-11-21-12-9-16/h4-9,11-12,14-15H,10,13H2,1-3H3,(H,23,24,25). The van der Waals surface area contributed by atoms with E-state index in [0.29, 0.717) is 11.8 Å². The first-order valence-electron chi connectivity index (χ1n) is 8.94. The minimum absolute atomic E-state index is 0.0892. The van der Waals surface area contributed by atoms with E-state index in [0.717, 1.165) is 24.4 Å². The van der Waals surface area contributed by atoms with Gasteiger partial charge in [-0.1, -0.05) is 12.1 Å². The van der Waals surface area contributed by atoms with E-state index in [-0.39, 0.29) is 6.10 Å². The molecule has 0 saturated heterocycles. The highest BCUT2D eigenvalue weighted by molar-refractivity contribution is 5.64. The van der Waals surface area contributed by atoms with Crippen molar-refractivity contribution in [3.63, 3.8) is 0 Å². The van der Waals surface area contributed by atoms with Crippen LogP contribution < -0.4 is 15.0 Å². The van der Waals surface area contributed by atoms with Crippen molar-refractivity contribution in [1.82, 2.24) is 20.2 Å². The summed E-state index contributed by atoms with van der Waals surface area (Å²) in [5.41, 5.74) is 2.07. The van der Waals surface area contributed by atoms with Gasteiger partial charge in [-0.3, -0.25) is 4.98 Å². The van der Waals surface area contributed by atoms with E-state index in [2.05, 4.69) is 25.5 Å². The van der Waals surface area contributed by atoms with E-state index in [9.17, 15) is 0 Å². The fourth-order valence-electron chi connectivity index (χ4n) is 2.53. The summed E-state index contributed by atoms with van der Waals surface area (Å²) < 4.78 is 5.84. The number of likely N-dealkylation sites (N-methyl/N-ethyl adjacent to an activating group) is 1. The Morgan fingerprint density at radius 2 is 1.89 bits per heavy atom. The van der Waals surface area contributed by atoms with Crippen LogP contribution in [0.1, 0.15) is 19.4 Å². The number of benzene rings is 1. The Hall–Kier alpha value is -3.22. The smallest absolute Gasteiger partial charge is 0.247 e. The highest BCUT2D eigenvalue weighted by Gasteiger charge is 2.10. The van der Waals surface area contributed by atoms with Crippen molar-refractivity contribution in [3.05, 3.63) is 60.6 Å². The fraction of sp³-hybridized carbons (Fsp3) is 0.300. The summed E-state index contributed by atoms with van der Waals surface area (Å²) in [6, 6.07) is 11.8. The van der Waals surface area contributed by atoms with Crippen molar-refractivity contribution in [2.45, 2.75) is 26.4 Å². The SMILES string of the molecule is CC(C)Oc1ccccc1Nc1cnnc(N(C)CCc2ccncc2)n1. The molecule has 0 aliphatic rings. The molecule has 0 spiro atoms. The maximum atomic E-state index is 5.84. The minimum Gasteiger partial charge on any atom is -0.489 e. The molecule has 0 aliphatic carbocycles. The Bertz CT molecular complexity index is 856. The molecule has 0 atom stereocenters. The van der Waals surface area contributed by atoms with Crippen LogP contribution in [0.5, 0.6) is 5.75 Å². The van der Waals surface area contributed by atoms with E-state index in [1.807, 2.05) is 62.2 Å². The van der Waals surface area contributed by atoms with Gasteiger partial charge in [-0.2, -0.15) is 10.1 Å². The van der Waals surface area contributed by atoms with Crippen LogP contribution in [0.25, 0.3) is 0 Å². The van der Waals surface area contributed by atoms with Gasteiger partial charge in [0.05, 0.1) is 18.0 Å². The molecule has 0 unspecified atom stereocenters. The molecule has 140 valence electrons. The van der Waals surface area contributed by atoms with Gasteiger partial charge in [-0.25, -0.2) is 0 Å². The molecular weight excluding hydrogens is 340 g/mol. The number of pyridine rings is 1. The number of hydrogen-bond donors (Lipinski definition) is 1. The van der Waals surface area contributed by atoms with Gasteiger partial charge in [0.15, 0.2) is 5.82 Å². The highest BCUT2D eigenvalue weighted by Crippen LogP contribution is 2.27. The fourth-order valence-corrected chi connectivity index (χ4v) is 2.53. The molecule has 3 rings (SSSR count). The summed E-state index contributed by atoms with van der Waals surface area (Å²) in [6.45, 7) is 4.78. The predicted molar refractivity (Wildman–Crippen MR) is 107 cm³/mol. The van der Waals surface area contributed by atoms with Gasteiger partial charge in [0.2, 0.25) is 5.95 Å². The molecule has 0 amide bonds. The molecule has 2 heterocycles. The maximum Gasteiger partial charge on any atom is 0.247 e. The molecule has 7 nitrogen and oxygen atoms in total. The van der Waals surface area contributed by atoms with Gasteiger partial charge in [-0.15, -0.1) is 5.10 Å². The summed E-state index contributed by atoms with van der Waals surface area (Å²) in [6.07, 6.45) is 6.17. The lowest BCUT2D eigenvalue weighted by molar-refractivity contribution is 0.244. The van der Waals surface area contributed by atoms with E-state index in [4.69, 9.17) is 4.74 Å². The van der Waals surface area contributed by atoms with Gasteiger partial charge < -0.3 is 15.0 Å². The van der Waals surface area contributed by atoms with Crippen LogP contribution in [-0.2, 0) is 6.42 Å². The van der Waals surface area contributed by atoms with E-state index in [1.165, 1.54) is 5.56 Å². The lowest BCUT2D eigenvalue weighted by Gasteiger charge is -2.18. The van der Waals surface area contributed by atoms with Crippen molar-refractivity contribution < 1.29 is 4.74 Å². The largest absolute Gasteiger partial charge is 0.489 e. The van der Waals surface area contributed by atoms with Crippen molar-refractivity contribution in [2.24, 2.45) is 0 Å². The van der Waals surface area contributed by atoms with Crippen molar-refractivity contribution in [1.29, 1.82) is 0 Å². The second-order valence-electron chi connectivity index (χ2n) is 6.46. The Kier molecular flexibility index (Phi) is 6.14. The average molecular weight is 364 g/mol. The van der Waals surface area contributed by atoms with E-state index in [1.54, 1.807) is 18.6 Å². The highest BCUT2D eigenvalue weighted by atomic mass is 16.5. The Morgan fingerprint density at radius 1 is 1.11 bits per heavy atom. The van der Waals surface area contributed by atoms with Crippen molar-refractivity contribution in [3.8, 4) is 5.75 Å². The zero-order valence-electron chi connectivity index (χ0n) is 15.8. The lowest BCUT2D eigenvalue weighted by atomic mass is 10.2. The Labute approximate surface area is 159 Å². The summed E-state index contributed by atoms with van der Waals surface area (Å²) in [7, 11) is 1.96. The number of hydrogen-bond acceptors (Lipinski definition) is 7. The maximum absolute atomic E-state index is 5.84. The number of ether oxygens (including phenoxy) is 1. The quantitative estimate of drug-likeness (QED) is 0.656. The number of aromatic nitrogens is 4. The molecule has 0 fully saturated rings. The molecule has 0 aliphatic heterocycles. The van der Waals surface area contributed by atoms with Crippen LogP contribution in [0.15, 0.2) is 55.0 Å². The molecule has 1 N–H and O–H groups in total.